The van der Waals surface area contributed by atoms with E-state index in [1.807, 2.05) is 0 Å². The molecule has 1 aromatic rings. The van der Waals surface area contributed by atoms with Gasteiger partial charge in [-0.3, -0.25) is 0 Å². The van der Waals surface area contributed by atoms with Gasteiger partial charge in [-0.2, -0.15) is 0 Å². The fraction of sp³-hybridized carbons (Fsp3) is 0.667. The van der Waals surface area contributed by atoms with Gasteiger partial charge >= 0.3 is 0 Å². The molecule has 1 unspecified atom stereocenters. The maximum Gasteiger partial charge on any atom is 0.0411 e. The number of piperidine rings is 1. The molecule has 1 atom stereocenters. The summed E-state index contributed by atoms with van der Waals surface area (Å²) < 4.78 is 0. The summed E-state index contributed by atoms with van der Waals surface area (Å²) in [6.07, 6.45) is 5.42. The van der Waals surface area contributed by atoms with Crippen LogP contribution in [-0.2, 0) is 6.54 Å². The molecule has 0 aliphatic carbocycles. The zero-order valence-corrected chi connectivity index (χ0v) is 13.4. The van der Waals surface area contributed by atoms with Gasteiger partial charge in [0.05, 0.1) is 0 Å². The molecule has 2 saturated heterocycles. The second-order valence-corrected chi connectivity index (χ2v) is 6.72. The molecule has 3 heteroatoms. The average Bonchev–Trinajstić information content (AvgIpc) is 3.02. The Hall–Kier alpha value is -1.06. The van der Waals surface area contributed by atoms with Crippen LogP contribution >= 0.6 is 0 Å². The first kappa shape index (κ1) is 14.9. The first-order chi connectivity index (χ1) is 10.3. The first-order valence-electron chi connectivity index (χ1n) is 8.55. The van der Waals surface area contributed by atoms with Crippen molar-refractivity contribution in [3.8, 4) is 0 Å². The van der Waals surface area contributed by atoms with E-state index in [2.05, 4.69) is 46.4 Å². The Kier molecular flexibility index (Phi) is 5.15. The molecular weight excluding hydrogens is 258 g/mol. The summed E-state index contributed by atoms with van der Waals surface area (Å²) in [5, 5.41) is 3.70. The van der Waals surface area contributed by atoms with E-state index in [0.717, 1.165) is 19.0 Å². The largest absolute Gasteiger partial charge is 0.371 e. The van der Waals surface area contributed by atoms with Crippen molar-refractivity contribution >= 4 is 5.69 Å². The van der Waals surface area contributed by atoms with Crippen LogP contribution in [0.4, 0.5) is 5.69 Å². The number of anilines is 1. The Morgan fingerprint density at radius 1 is 1.10 bits per heavy atom. The molecule has 2 aliphatic heterocycles. The van der Waals surface area contributed by atoms with Crippen LogP contribution in [0.2, 0.25) is 0 Å². The number of nitrogens with one attached hydrogen (secondary N) is 1. The van der Waals surface area contributed by atoms with Gasteiger partial charge in [-0.05, 0) is 63.4 Å². The first-order valence-corrected chi connectivity index (χ1v) is 8.55. The van der Waals surface area contributed by atoms with Crippen molar-refractivity contribution in [3.63, 3.8) is 0 Å². The minimum Gasteiger partial charge on any atom is -0.371 e. The van der Waals surface area contributed by atoms with E-state index in [4.69, 9.17) is 0 Å². The van der Waals surface area contributed by atoms with Gasteiger partial charge in [0.1, 0.15) is 0 Å². The molecule has 2 aliphatic rings. The van der Waals surface area contributed by atoms with Crippen LogP contribution < -0.4 is 10.2 Å². The van der Waals surface area contributed by atoms with Gasteiger partial charge in [0.25, 0.3) is 0 Å². The molecular formula is C18H29N3. The summed E-state index contributed by atoms with van der Waals surface area (Å²) in [4.78, 5) is 5.01. The lowest BCUT2D eigenvalue weighted by Crippen LogP contribution is -2.37. The zero-order valence-electron chi connectivity index (χ0n) is 13.4. The van der Waals surface area contributed by atoms with Gasteiger partial charge in [-0.1, -0.05) is 18.2 Å². The average molecular weight is 287 g/mol. The molecule has 0 aromatic heterocycles. The molecule has 0 saturated carbocycles. The number of likely N-dealkylation sites (tertiary alicyclic amines) is 1. The highest BCUT2D eigenvalue weighted by Crippen LogP contribution is 2.24. The number of benzene rings is 1. The number of hydrogen-bond donors (Lipinski definition) is 1. The van der Waals surface area contributed by atoms with E-state index in [0.29, 0.717) is 0 Å². The Labute approximate surface area is 129 Å². The third-order valence-electron chi connectivity index (χ3n) is 4.91. The lowest BCUT2D eigenvalue weighted by atomic mass is 9.98. The fourth-order valence-corrected chi connectivity index (χ4v) is 3.78. The molecule has 1 N–H and O–H groups in total. The van der Waals surface area contributed by atoms with E-state index in [9.17, 15) is 0 Å². The van der Waals surface area contributed by atoms with E-state index in [-0.39, 0.29) is 0 Å². The predicted molar refractivity (Wildman–Crippen MR) is 89.8 cm³/mol. The van der Waals surface area contributed by atoms with Crippen LogP contribution in [0, 0.1) is 5.92 Å². The Balaban J connectivity index is 1.53. The van der Waals surface area contributed by atoms with Gasteiger partial charge in [0.2, 0.25) is 0 Å². The van der Waals surface area contributed by atoms with Crippen LogP contribution in [0.15, 0.2) is 24.3 Å². The highest BCUT2D eigenvalue weighted by atomic mass is 15.1. The van der Waals surface area contributed by atoms with Crippen molar-refractivity contribution in [2.24, 2.45) is 5.92 Å². The van der Waals surface area contributed by atoms with E-state index >= 15 is 0 Å². The second-order valence-electron chi connectivity index (χ2n) is 6.72. The number of rotatable bonds is 5. The molecule has 2 heterocycles. The molecule has 3 nitrogen and oxygen atoms in total. The van der Waals surface area contributed by atoms with E-state index in [1.54, 1.807) is 0 Å². The minimum absolute atomic E-state index is 0.822. The maximum absolute atomic E-state index is 3.70. The third kappa shape index (κ3) is 3.98. The van der Waals surface area contributed by atoms with Crippen molar-refractivity contribution in [3.05, 3.63) is 29.8 Å². The molecule has 2 fully saturated rings. The van der Waals surface area contributed by atoms with Crippen LogP contribution in [-0.4, -0.2) is 44.7 Å². The van der Waals surface area contributed by atoms with Crippen molar-refractivity contribution in [2.75, 3.05) is 44.7 Å². The SMILES string of the molecule is CN1CCCC(CNCc2ccccc2N2CCCC2)C1. The topological polar surface area (TPSA) is 18.5 Å². The Morgan fingerprint density at radius 2 is 1.90 bits per heavy atom. The Bertz CT molecular complexity index is 440. The standard InChI is InChI=1S/C18H29N3/c1-20-10-6-7-16(15-20)13-19-14-17-8-2-3-9-18(17)21-11-4-5-12-21/h2-3,8-9,16,19H,4-7,10-15H2,1H3. The second kappa shape index (κ2) is 7.28. The summed E-state index contributed by atoms with van der Waals surface area (Å²) in [5.41, 5.74) is 2.91. The molecule has 0 radical (unpaired) electrons. The van der Waals surface area contributed by atoms with Crippen LogP contribution in [0.1, 0.15) is 31.2 Å². The van der Waals surface area contributed by atoms with E-state index < -0.39 is 0 Å². The molecule has 1 aromatic carbocycles. The number of para-hydroxylation sites is 1. The maximum atomic E-state index is 3.70. The predicted octanol–water partition coefficient (Wildman–Crippen LogP) is 2.72. The molecule has 116 valence electrons. The normalized spacial score (nSPS) is 23.7. The van der Waals surface area contributed by atoms with Crippen LogP contribution in [0.5, 0.6) is 0 Å². The number of nitrogens with zero attached hydrogens (tertiary/aromatic N) is 2. The van der Waals surface area contributed by atoms with Gasteiger partial charge < -0.3 is 15.1 Å². The lowest BCUT2D eigenvalue weighted by molar-refractivity contribution is 0.206. The smallest absolute Gasteiger partial charge is 0.0411 e. The van der Waals surface area contributed by atoms with Gasteiger partial charge in [-0.15, -0.1) is 0 Å². The van der Waals surface area contributed by atoms with E-state index in [1.165, 1.54) is 63.1 Å². The van der Waals surface area contributed by atoms with Gasteiger partial charge in [-0.25, -0.2) is 0 Å². The summed E-state index contributed by atoms with van der Waals surface area (Å²) in [5.74, 6) is 0.822. The lowest BCUT2D eigenvalue weighted by Gasteiger charge is -2.30. The van der Waals surface area contributed by atoms with Crippen LogP contribution in [0.3, 0.4) is 0 Å². The van der Waals surface area contributed by atoms with Crippen molar-refractivity contribution in [2.45, 2.75) is 32.2 Å². The molecule has 0 spiro atoms. The highest BCUT2D eigenvalue weighted by Gasteiger charge is 2.18. The quantitative estimate of drug-likeness (QED) is 0.898. The summed E-state index contributed by atoms with van der Waals surface area (Å²) in [6, 6.07) is 8.92. The summed E-state index contributed by atoms with van der Waals surface area (Å²) in [6.45, 7) is 7.13. The number of hydrogen-bond acceptors (Lipinski definition) is 3. The Morgan fingerprint density at radius 3 is 2.71 bits per heavy atom. The third-order valence-corrected chi connectivity index (χ3v) is 4.91. The fourth-order valence-electron chi connectivity index (χ4n) is 3.78. The molecule has 0 amide bonds. The van der Waals surface area contributed by atoms with Gasteiger partial charge in [0.15, 0.2) is 0 Å². The van der Waals surface area contributed by atoms with Gasteiger partial charge in [0, 0.05) is 31.9 Å². The summed E-state index contributed by atoms with van der Waals surface area (Å²) in [7, 11) is 2.24. The molecule has 3 rings (SSSR count). The minimum atomic E-state index is 0.822. The molecule has 0 bridgehead atoms. The summed E-state index contributed by atoms with van der Waals surface area (Å²) >= 11 is 0. The zero-order chi connectivity index (χ0) is 14.5. The molecule has 21 heavy (non-hydrogen) atoms. The monoisotopic (exact) mass is 287 g/mol. The van der Waals surface area contributed by atoms with Crippen LogP contribution in [0.25, 0.3) is 0 Å². The van der Waals surface area contributed by atoms with Crippen molar-refractivity contribution < 1.29 is 0 Å². The van der Waals surface area contributed by atoms with Crippen molar-refractivity contribution in [1.29, 1.82) is 0 Å². The highest BCUT2D eigenvalue weighted by molar-refractivity contribution is 5.54. The van der Waals surface area contributed by atoms with Crippen molar-refractivity contribution in [1.82, 2.24) is 10.2 Å².